The highest BCUT2D eigenvalue weighted by molar-refractivity contribution is 5.56. The molecule has 0 aliphatic heterocycles. The van der Waals surface area contributed by atoms with Crippen molar-refractivity contribution in [3.63, 3.8) is 0 Å². The van der Waals surface area contributed by atoms with Gasteiger partial charge in [0.05, 0.1) is 5.56 Å². The molecule has 186 valence electrons. The van der Waals surface area contributed by atoms with Crippen LogP contribution in [0.4, 0.5) is 17.6 Å². The number of alkyl halides is 3. The molecule has 2 aliphatic carbocycles. The maximum atomic E-state index is 15.1. The fourth-order valence-corrected chi connectivity index (χ4v) is 6.48. The largest absolute Gasteiger partial charge is 0.419 e. The summed E-state index contributed by atoms with van der Waals surface area (Å²) in [6.07, 6.45) is 11.9. The van der Waals surface area contributed by atoms with E-state index >= 15 is 4.39 Å². The topological polar surface area (TPSA) is 0 Å². The lowest BCUT2D eigenvalue weighted by molar-refractivity contribution is -0.140. The lowest BCUT2D eigenvalue weighted by Gasteiger charge is -2.36. The molecule has 3 rings (SSSR count). The quantitative estimate of drug-likeness (QED) is 0.334. The van der Waals surface area contributed by atoms with Crippen LogP contribution in [-0.4, -0.2) is 0 Å². The van der Waals surface area contributed by atoms with Crippen LogP contribution >= 0.6 is 0 Å². The zero-order valence-electron chi connectivity index (χ0n) is 20.7. The molecule has 0 N–H and O–H groups in total. The van der Waals surface area contributed by atoms with E-state index in [0.29, 0.717) is 18.3 Å². The van der Waals surface area contributed by atoms with Gasteiger partial charge in [-0.15, -0.1) is 0 Å². The SMILES string of the molecule is CC/C=C/c1ccc(C2CCC(C(C)CC3CCC(CCC)CC3)CC2)c(F)c1C(F)(F)F. The van der Waals surface area contributed by atoms with Gasteiger partial charge < -0.3 is 0 Å². The molecular formula is C29H42F4. The molecule has 0 aromatic heterocycles. The van der Waals surface area contributed by atoms with Gasteiger partial charge >= 0.3 is 6.18 Å². The smallest absolute Gasteiger partial charge is 0.206 e. The van der Waals surface area contributed by atoms with Crippen LogP contribution < -0.4 is 0 Å². The van der Waals surface area contributed by atoms with E-state index in [4.69, 9.17) is 0 Å². The average molecular weight is 467 g/mol. The van der Waals surface area contributed by atoms with Crippen molar-refractivity contribution in [2.24, 2.45) is 23.7 Å². The number of halogens is 4. The van der Waals surface area contributed by atoms with Crippen LogP contribution in [-0.2, 0) is 6.18 Å². The molecule has 0 heterocycles. The molecule has 2 aliphatic rings. The van der Waals surface area contributed by atoms with Crippen LogP contribution in [0, 0.1) is 29.5 Å². The summed E-state index contributed by atoms with van der Waals surface area (Å²) < 4.78 is 56.1. The van der Waals surface area contributed by atoms with Crippen LogP contribution in [0.15, 0.2) is 18.2 Å². The lowest BCUT2D eigenvalue weighted by atomic mass is 9.70. The van der Waals surface area contributed by atoms with E-state index in [1.807, 2.05) is 6.92 Å². The van der Waals surface area contributed by atoms with Gasteiger partial charge in [-0.1, -0.05) is 83.6 Å². The molecule has 4 heteroatoms. The van der Waals surface area contributed by atoms with E-state index in [-0.39, 0.29) is 17.0 Å². The molecule has 0 radical (unpaired) electrons. The zero-order chi connectivity index (χ0) is 24.0. The van der Waals surface area contributed by atoms with Gasteiger partial charge in [0.25, 0.3) is 0 Å². The maximum absolute atomic E-state index is 15.1. The van der Waals surface area contributed by atoms with Crippen LogP contribution in [0.1, 0.15) is 120 Å². The summed E-state index contributed by atoms with van der Waals surface area (Å²) in [5, 5.41) is 0. The lowest BCUT2D eigenvalue weighted by Crippen LogP contribution is -2.24. The molecule has 0 nitrogen and oxygen atoms in total. The summed E-state index contributed by atoms with van der Waals surface area (Å²) in [5.74, 6) is 1.87. The van der Waals surface area contributed by atoms with Gasteiger partial charge in [0.1, 0.15) is 5.82 Å². The zero-order valence-corrected chi connectivity index (χ0v) is 20.7. The first-order chi connectivity index (χ1) is 15.7. The first-order valence-corrected chi connectivity index (χ1v) is 13.3. The fraction of sp³-hybridized carbons (Fsp3) is 0.724. The highest BCUT2D eigenvalue weighted by atomic mass is 19.4. The predicted molar refractivity (Wildman–Crippen MR) is 130 cm³/mol. The van der Waals surface area contributed by atoms with Crippen LogP contribution in [0.5, 0.6) is 0 Å². The van der Waals surface area contributed by atoms with Crippen molar-refractivity contribution < 1.29 is 17.6 Å². The first kappa shape index (κ1) is 26.3. The summed E-state index contributed by atoms with van der Waals surface area (Å²) >= 11 is 0. The van der Waals surface area contributed by atoms with E-state index in [0.717, 1.165) is 37.5 Å². The number of hydrogen-bond donors (Lipinski definition) is 0. The second-order valence-corrected chi connectivity index (χ2v) is 10.7. The Morgan fingerprint density at radius 1 is 0.939 bits per heavy atom. The van der Waals surface area contributed by atoms with Gasteiger partial charge in [-0.3, -0.25) is 0 Å². The van der Waals surface area contributed by atoms with Gasteiger partial charge in [0.15, 0.2) is 0 Å². The molecule has 0 amide bonds. The Hall–Kier alpha value is -1.32. The summed E-state index contributed by atoms with van der Waals surface area (Å²) in [4.78, 5) is 0. The standard InChI is InChI=1S/C29H42F4/c1-4-6-8-25-17-18-26(28(30)27(25)29(31,32)33)24-15-13-23(14-16-24)20(3)19-22-11-9-21(7-5-2)10-12-22/h6,8,17-18,20-24H,4-5,7,9-16,19H2,1-3H3/b8-6+. The van der Waals surface area contributed by atoms with Crippen molar-refractivity contribution >= 4 is 6.08 Å². The highest BCUT2D eigenvalue weighted by Gasteiger charge is 2.39. The summed E-state index contributed by atoms with van der Waals surface area (Å²) in [5.41, 5.74) is -0.906. The predicted octanol–water partition coefficient (Wildman–Crippen LogP) is 10.2. The summed E-state index contributed by atoms with van der Waals surface area (Å²) in [6, 6.07) is 3.06. The molecule has 0 spiro atoms. The molecule has 33 heavy (non-hydrogen) atoms. The number of allylic oxidation sites excluding steroid dienone is 1. The summed E-state index contributed by atoms with van der Waals surface area (Å²) in [7, 11) is 0. The minimum Gasteiger partial charge on any atom is -0.206 e. The van der Waals surface area contributed by atoms with Gasteiger partial charge in [-0.2, -0.15) is 13.2 Å². The third kappa shape index (κ3) is 6.85. The second-order valence-electron chi connectivity index (χ2n) is 10.7. The maximum Gasteiger partial charge on any atom is 0.419 e. The number of rotatable bonds is 8. The van der Waals surface area contributed by atoms with E-state index in [9.17, 15) is 13.2 Å². The van der Waals surface area contributed by atoms with Crippen molar-refractivity contribution in [1.29, 1.82) is 0 Å². The average Bonchev–Trinajstić information content (AvgIpc) is 2.78. The molecule has 2 saturated carbocycles. The highest BCUT2D eigenvalue weighted by Crippen LogP contribution is 2.45. The molecule has 1 unspecified atom stereocenters. The van der Waals surface area contributed by atoms with Crippen LogP contribution in [0.3, 0.4) is 0 Å². The monoisotopic (exact) mass is 466 g/mol. The van der Waals surface area contributed by atoms with Crippen molar-refractivity contribution in [2.75, 3.05) is 0 Å². The van der Waals surface area contributed by atoms with Crippen molar-refractivity contribution in [2.45, 2.75) is 110 Å². The van der Waals surface area contributed by atoms with Gasteiger partial charge in [-0.25, -0.2) is 4.39 Å². The van der Waals surface area contributed by atoms with E-state index < -0.39 is 17.6 Å². The Labute approximate surface area is 198 Å². The molecule has 0 bridgehead atoms. The molecule has 2 fully saturated rings. The van der Waals surface area contributed by atoms with E-state index in [2.05, 4.69) is 13.8 Å². The molecular weight excluding hydrogens is 424 g/mol. The Balaban J connectivity index is 1.60. The Kier molecular flexibility index (Phi) is 9.47. The van der Waals surface area contributed by atoms with Gasteiger partial charge in [-0.05, 0) is 79.2 Å². The third-order valence-electron chi connectivity index (χ3n) is 8.41. The molecule has 1 aromatic rings. The van der Waals surface area contributed by atoms with Gasteiger partial charge in [0.2, 0.25) is 0 Å². The van der Waals surface area contributed by atoms with E-state index in [1.54, 1.807) is 12.1 Å². The molecule has 0 saturated heterocycles. The number of hydrogen-bond acceptors (Lipinski definition) is 0. The van der Waals surface area contributed by atoms with Crippen LogP contribution in [0.2, 0.25) is 0 Å². The van der Waals surface area contributed by atoms with Crippen molar-refractivity contribution in [3.8, 4) is 0 Å². The van der Waals surface area contributed by atoms with Crippen molar-refractivity contribution in [1.82, 2.24) is 0 Å². The Morgan fingerprint density at radius 2 is 1.58 bits per heavy atom. The fourth-order valence-electron chi connectivity index (χ4n) is 6.48. The summed E-state index contributed by atoms with van der Waals surface area (Å²) in [6.45, 7) is 6.49. The molecule has 1 aromatic carbocycles. The number of benzene rings is 1. The Morgan fingerprint density at radius 3 is 2.15 bits per heavy atom. The van der Waals surface area contributed by atoms with Crippen LogP contribution in [0.25, 0.3) is 6.08 Å². The normalized spacial score (nSPS) is 27.7. The minimum absolute atomic E-state index is 0.0680. The second kappa shape index (κ2) is 11.9. The molecule has 1 atom stereocenters. The first-order valence-electron chi connectivity index (χ1n) is 13.3. The third-order valence-corrected chi connectivity index (χ3v) is 8.41. The Bertz CT molecular complexity index is 763. The van der Waals surface area contributed by atoms with E-state index in [1.165, 1.54) is 57.1 Å². The van der Waals surface area contributed by atoms with Gasteiger partial charge in [0, 0.05) is 0 Å². The van der Waals surface area contributed by atoms with Crippen molar-refractivity contribution in [3.05, 3.63) is 40.7 Å². The minimum atomic E-state index is -4.69.